The summed E-state index contributed by atoms with van der Waals surface area (Å²) in [5.74, 6) is -1.67. The van der Waals surface area contributed by atoms with Crippen LogP contribution in [0.25, 0.3) is 10.9 Å². The summed E-state index contributed by atoms with van der Waals surface area (Å²) in [7, 11) is 2.94. The van der Waals surface area contributed by atoms with Crippen LogP contribution in [0.1, 0.15) is 20.7 Å². The third-order valence-electron chi connectivity index (χ3n) is 3.96. The fraction of sp³-hybridized carbons (Fsp3) is 0.105. The van der Waals surface area contributed by atoms with Crippen molar-refractivity contribution in [3.05, 3.63) is 75.8 Å². The maximum atomic E-state index is 13.5. The molecule has 0 aliphatic heterocycles. The molecule has 1 N–H and O–H groups in total. The van der Waals surface area contributed by atoms with Gasteiger partial charge >= 0.3 is 5.97 Å². The number of aromatic nitrogens is 1. The summed E-state index contributed by atoms with van der Waals surface area (Å²) in [5, 5.41) is 2.72. The summed E-state index contributed by atoms with van der Waals surface area (Å²) < 4.78 is 19.7. The summed E-state index contributed by atoms with van der Waals surface area (Å²) in [6, 6.07) is 9.89. The van der Waals surface area contributed by atoms with Gasteiger partial charge in [-0.25, -0.2) is 9.18 Å². The van der Waals surface area contributed by atoms with Gasteiger partial charge in [0.15, 0.2) is 0 Å². The Labute approximate surface area is 147 Å². The first-order valence-electron chi connectivity index (χ1n) is 7.69. The molecule has 3 aromatic rings. The lowest BCUT2D eigenvalue weighted by molar-refractivity contribution is 0.0600. The number of amides is 1. The highest BCUT2D eigenvalue weighted by atomic mass is 19.1. The monoisotopic (exact) mass is 354 g/mol. The summed E-state index contributed by atoms with van der Waals surface area (Å²) in [4.78, 5) is 36.4. The molecule has 0 spiro atoms. The number of benzene rings is 2. The highest BCUT2D eigenvalue weighted by molar-refractivity contribution is 6.06. The number of esters is 1. The third kappa shape index (κ3) is 3.19. The van der Waals surface area contributed by atoms with Crippen molar-refractivity contribution in [2.24, 2.45) is 7.05 Å². The van der Waals surface area contributed by atoms with Crippen molar-refractivity contribution in [2.75, 3.05) is 12.4 Å². The summed E-state index contributed by atoms with van der Waals surface area (Å²) >= 11 is 0. The Morgan fingerprint density at radius 1 is 1.12 bits per heavy atom. The highest BCUT2D eigenvalue weighted by Gasteiger charge is 2.15. The number of ether oxygens (including phenoxy) is 1. The third-order valence-corrected chi connectivity index (χ3v) is 3.96. The van der Waals surface area contributed by atoms with Crippen molar-refractivity contribution >= 4 is 28.5 Å². The Morgan fingerprint density at radius 3 is 2.46 bits per heavy atom. The van der Waals surface area contributed by atoms with Gasteiger partial charge in [-0.1, -0.05) is 0 Å². The molecule has 0 bridgehead atoms. The molecule has 7 heteroatoms. The van der Waals surface area contributed by atoms with Crippen LogP contribution in [0, 0.1) is 5.82 Å². The van der Waals surface area contributed by atoms with Crippen LogP contribution >= 0.6 is 0 Å². The summed E-state index contributed by atoms with van der Waals surface area (Å²) in [6.07, 6.45) is 1.40. The lowest BCUT2D eigenvalue weighted by atomic mass is 10.1. The largest absolute Gasteiger partial charge is 0.465 e. The molecule has 0 unspecified atom stereocenters. The molecule has 26 heavy (non-hydrogen) atoms. The zero-order valence-corrected chi connectivity index (χ0v) is 14.1. The van der Waals surface area contributed by atoms with Gasteiger partial charge in [-0.05, 0) is 42.5 Å². The van der Waals surface area contributed by atoms with Crippen molar-refractivity contribution in [1.82, 2.24) is 4.57 Å². The average molecular weight is 354 g/mol. The SMILES string of the molecule is COC(=O)c1ccc(NC(=O)c2cn(C)c3ccc(F)cc3c2=O)cc1. The van der Waals surface area contributed by atoms with E-state index in [1.165, 1.54) is 49.7 Å². The van der Waals surface area contributed by atoms with E-state index in [1.807, 2.05) is 0 Å². The first-order chi connectivity index (χ1) is 12.4. The first-order valence-corrected chi connectivity index (χ1v) is 7.69. The Kier molecular flexibility index (Phi) is 4.53. The number of hydrogen-bond donors (Lipinski definition) is 1. The Hall–Kier alpha value is -3.48. The molecule has 1 amide bonds. The molecular weight excluding hydrogens is 339 g/mol. The number of halogens is 1. The van der Waals surface area contributed by atoms with Gasteiger partial charge < -0.3 is 14.6 Å². The molecule has 2 aromatic carbocycles. The standard InChI is InChI=1S/C19H15FN2O4/c1-22-10-15(17(23)14-9-12(20)5-8-16(14)22)18(24)21-13-6-3-11(4-7-13)19(25)26-2/h3-10H,1-2H3,(H,21,24). The van der Waals surface area contributed by atoms with Gasteiger partial charge in [-0.2, -0.15) is 0 Å². The van der Waals surface area contributed by atoms with Gasteiger partial charge in [0.2, 0.25) is 5.43 Å². The van der Waals surface area contributed by atoms with E-state index >= 15 is 0 Å². The number of pyridine rings is 1. The predicted octanol–water partition coefficient (Wildman–Crippen LogP) is 2.72. The second-order valence-corrected chi connectivity index (χ2v) is 5.67. The number of nitrogens with zero attached hydrogens (tertiary/aromatic N) is 1. The molecule has 1 aromatic heterocycles. The van der Waals surface area contributed by atoms with Crippen LogP contribution in [-0.4, -0.2) is 23.6 Å². The van der Waals surface area contributed by atoms with Crippen LogP contribution in [0.4, 0.5) is 10.1 Å². The normalized spacial score (nSPS) is 10.6. The van der Waals surface area contributed by atoms with E-state index in [0.29, 0.717) is 16.8 Å². The molecule has 0 atom stereocenters. The summed E-state index contributed by atoms with van der Waals surface area (Å²) in [5.41, 5.74) is 0.603. The van der Waals surface area contributed by atoms with Crippen LogP contribution in [0.2, 0.25) is 0 Å². The molecule has 0 saturated carbocycles. The van der Waals surface area contributed by atoms with Crippen LogP contribution in [0.3, 0.4) is 0 Å². The van der Waals surface area contributed by atoms with Crippen molar-refractivity contribution in [3.63, 3.8) is 0 Å². The first kappa shape index (κ1) is 17.3. The van der Waals surface area contributed by atoms with Crippen LogP contribution < -0.4 is 10.7 Å². The number of carbonyl (C=O) groups excluding carboxylic acids is 2. The maximum absolute atomic E-state index is 13.5. The quantitative estimate of drug-likeness (QED) is 0.734. The van der Waals surface area contributed by atoms with E-state index in [0.717, 1.165) is 6.07 Å². The fourth-order valence-corrected chi connectivity index (χ4v) is 2.63. The number of methoxy groups -OCH3 is 1. The Balaban J connectivity index is 1.94. The molecule has 0 saturated heterocycles. The smallest absolute Gasteiger partial charge is 0.337 e. The van der Waals surface area contributed by atoms with Crippen LogP contribution in [0.5, 0.6) is 0 Å². The minimum Gasteiger partial charge on any atom is -0.465 e. The van der Waals surface area contributed by atoms with Crippen molar-refractivity contribution in [2.45, 2.75) is 0 Å². The van der Waals surface area contributed by atoms with Crippen molar-refractivity contribution < 1.29 is 18.7 Å². The number of fused-ring (bicyclic) bond motifs is 1. The van der Waals surface area contributed by atoms with Crippen LogP contribution in [0.15, 0.2) is 53.5 Å². The molecule has 6 nitrogen and oxygen atoms in total. The summed E-state index contributed by atoms with van der Waals surface area (Å²) in [6.45, 7) is 0. The van der Waals surface area contributed by atoms with Gasteiger partial charge in [0.25, 0.3) is 5.91 Å². The second-order valence-electron chi connectivity index (χ2n) is 5.67. The zero-order chi connectivity index (χ0) is 18.8. The zero-order valence-electron chi connectivity index (χ0n) is 14.1. The molecule has 0 aliphatic carbocycles. The molecule has 0 radical (unpaired) electrons. The molecule has 1 heterocycles. The average Bonchev–Trinajstić information content (AvgIpc) is 2.64. The van der Waals surface area contributed by atoms with Gasteiger partial charge in [-0.3, -0.25) is 9.59 Å². The Bertz CT molecular complexity index is 1070. The van der Waals surface area contributed by atoms with E-state index in [-0.39, 0.29) is 10.9 Å². The minimum atomic E-state index is -0.623. The number of hydrogen-bond acceptors (Lipinski definition) is 4. The van der Waals surface area contributed by atoms with Crippen molar-refractivity contribution in [1.29, 1.82) is 0 Å². The molecule has 132 valence electrons. The topological polar surface area (TPSA) is 77.4 Å². The highest BCUT2D eigenvalue weighted by Crippen LogP contribution is 2.15. The molecule has 0 fully saturated rings. The van der Waals surface area contributed by atoms with Gasteiger partial charge in [0.05, 0.1) is 18.2 Å². The number of rotatable bonds is 3. The van der Waals surface area contributed by atoms with E-state index in [9.17, 15) is 18.8 Å². The number of carbonyl (C=O) groups is 2. The number of anilines is 1. The Morgan fingerprint density at radius 2 is 1.81 bits per heavy atom. The van der Waals surface area contributed by atoms with Crippen molar-refractivity contribution in [3.8, 4) is 0 Å². The van der Waals surface area contributed by atoms with Gasteiger partial charge in [-0.15, -0.1) is 0 Å². The lowest BCUT2D eigenvalue weighted by Crippen LogP contribution is -2.23. The van der Waals surface area contributed by atoms with E-state index in [4.69, 9.17) is 0 Å². The number of aryl methyl sites for hydroxylation is 1. The molecule has 3 rings (SSSR count). The maximum Gasteiger partial charge on any atom is 0.337 e. The minimum absolute atomic E-state index is 0.109. The van der Waals surface area contributed by atoms with Crippen LogP contribution in [-0.2, 0) is 11.8 Å². The fourth-order valence-electron chi connectivity index (χ4n) is 2.63. The molecule has 0 aliphatic rings. The van der Waals surface area contributed by atoms with E-state index in [2.05, 4.69) is 10.1 Å². The van der Waals surface area contributed by atoms with Gasteiger partial charge in [0.1, 0.15) is 11.4 Å². The molecular formula is C19H15FN2O4. The van der Waals surface area contributed by atoms with E-state index < -0.39 is 23.1 Å². The lowest BCUT2D eigenvalue weighted by Gasteiger charge is -2.10. The van der Waals surface area contributed by atoms with Gasteiger partial charge in [0, 0.05) is 24.3 Å². The number of nitrogens with one attached hydrogen (secondary N) is 1. The second kappa shape index (κ2) is 6.79. The van der Waals surface area contributed by atoms with E-state index in [1.54, 1.807) is 11.6 Å². The predicted molar refractivity (Wildman–Crippen MR) is 94.9 cm³/mol.